The molecule has 0 unspecified atom stereocenters. The Morgan fingerprint density at radius 2 is 2.00 bits per heavy atom. The number of imidazole rings is 1. The van der Waals surface area contributed by atoms with Crippen molar-refractivity contribution >= 4 is 34.8 Å². The lowest BCUT2D eigenvalue weighted by atomic mass is 10.2. The van der Waals surface area contributed by atoms with Crippen LogP contribution in [0.2, 0.25) is 0 Å². The molecule has 2 heterocycles. The van der Waals surface area contributed by atoms with Crippen LogP contribution in [0.15, 0.2) is 43.0 Å². The third kappa shape index (κ3) is 5.47. The second kappa shape index (κ2) is 10.6. The van der Waals surface area contributed by atoms with Gasteiger partial charge >= 0.3 is 5.97 Å². The second-order valence-corrected chi connectivity index (χ2v) is 7.41. The van der Waals surface area contributed by atoms with Crippen molar-refractivity contribution < 1.29 is 19.1 Å². The summed E-state index contributed by atoms with van der Waals surface area (Å²) in [7, 11) is 1.30. The summed E-state index contributed by atoms with van der Waals surface area (Å²) in [6, 6.07) is 9.02. The zero-order chi connectivity index (χ0) is 21.3. The lowest BCUT2D eigenvalue weighted by Gasteiger charge is -2.16. The number of thioether (sulfide) groups is 1. The minimum Gasteiger partial charge on any atom is -0.471 e. The van der Waals surface area contributed by atoms with Crippen molar-refractivity contribution in [1.82, 2.24) is 24.8 Å². The number of ether oxygens (including phenoxy) is 2. The van der Waals surface area contributed by atoms with Gasteiger partial charge in [0.05, 0.1) is 13.4 Å². The Labute approximate surface area is 178 Å². The second-order valence-electron chi connectivity index (χ2n) is 6.42. The van der Waals surface area contributed by atoms with Crippen molar-refractivity contribution in [3.05, 3.63) is 48.5 Å². The predicted octanol–water partition coefficient (Wildman–Crippen LogP) is 1.82. The molecule has 0 spiro atoms. The maximum absolute atomic E-state index is 12.5. The van der Waals surface area contributed by atoms with E-state index in [0.717, 1.165) is 11.3 Å². The molecule has 158 valence electrons. The van der Waals surface area contributed by atoms with E-state index in [2.05, 4.69) is 20.3 Å². The van der Waals surface area contributed by atoms with Gasteiger partial charge in [-0.05, 0) is 24.0 Å². The lowest BCUT2D eigenvalue weighted by Crippen LogP contribution is -2.43. The van der Waals surface area contributed by atoms with Gasteiger partial charge in [-0.2, -0.15) is 16.7 Å². The Morgan fingerprint density at radius 1 is 1.20 bits per heavy atom. The SMILES string of the molecule is COC(=O)[C@H](CCSC)NC(=O)Cn1cnc2c(OCc3ccccc3)ncnc21. The molecule has 3 aromatic rings. The number of carbonyl (C=O) groups excluding carboxylic acids is 2. The van der Waals surface area contributed by atoms with E-state index in [1.807, 2.05) is 36.6 Å². The number of fused-ring (bicyclic) bond motifs is 1. The van der Waals surface area contributed by atoms with Crippen LogP contribution in [0.3, 0.4) is 0 Å². The molecule has 30 heavy (non-hydrogen) atoms. The van der Waals surface area contributed by atoms with Gasteiger partial charge in [0.15, 0.2) is 11.2 Å². The van der Waals surface area contributed by atoms with Crippen LogP contribution in [0.4, 0.5) is 0 Å². The minimum absolute atomic E-state index is 0.0433. The number of methoxy groups -OCH3 is 1. The van der Waals surface area contributed by atoms with Crippen molar-refractivity contribution in [3.8, 4) is 5.88 Å². The van der Waals surface area contributed by atoms with Gasteiger partial charge in [0, 0.05) is 0 Å². The van der Waals surface area contributed by atoms with Gasteiger partial charge in [-0.3, -0.25) is 4.79 Å². The average Bonchev–Trinajstić information content (AvgIpc) is 3.18. The van der Waals surface area contributed by atoms with Gasteiger partial charge in [0.2, 0.25) is 11.8 Å². The van der Waals surface area contributed by atoms with Gasteiger partial charge in [0.25, 0.3) is 0 Å². The molecule has 10 heteroatoms. The Bertz CT molecular complexity index is 995. The molecule has 3 rings (SSSR count). The van der Waals surface area contributed by atoms with E-state index in [1.54, 1.807) is 16.3 Å². The highest BCUT2D eigenvalue weighted by Gasteiger charge is 2.22. The number of nitrogens with one attached hydrogen (secondary N) is 1. The lowest BCUT2D eigenvalue weighted by molar-refractivity contribution is -0.145. The molecule has 0 saturated heterocycles. The van der Waals surface area contributed by atoms with Crippen LogP contribution in [0.25, 0.3) is 11.2 Å². The highest BCUT2D eigenvalue weighted by atomic mass is 32.2. The molecule has 0 aliphatic rings. The first-order valence-electron chi connectivity index (χ1n) is 9.31. The van der Waals surface area contributed by atoms with Crippen molar-refractivity contribution in [2.75, 3.05) is 19.1 Å². The molecule has 0 aliphatic heterocycles. The highest BCUT2D eigenvalue weighted by molar-refractivity contribution is 7.98. The van der Waals surface area contributed by atoms with E-state index in [-0.39, 0.29) is 12.5 Å². The first-order chi connectivity index (χ1) is 14.6. The molecule has 0 radical (unpaired) electrons. The Morgan fingerprint density at radius 3 is 2.73 bits per heavy atom. The third-order valence-electron chi connectivity index (χ3n) is 4.33. The average molecular weight is 430 g/mol. The molecule has 2 aromatic heterocycles. The summed E-state index contributed by atoms with van der Waals surface area (Å²) in [6.45, 7) is 0.301. The van der Waals surface area contributed by atoms with Crippen LogP contribution in [0.1, 0.15) is 12.0 Å². The zero-order valence-corrected chi connectivity index (χ0v) is 17.6. The first kappa shape index (κ1) is 21.6. The number of amides is 1. The number of rotatable bonds is 10. The summed E-state index contributed by atoms with van der Waals surface area (Å²) in [5.74, 6) is 0.266. The van der Waals surface area contributed by atoms with E-state index in [1.165, 1.54) is 19.8 Å². The quantitative estimate of drug-likeness (QED) is 0.486. The first-order valence-corrected chi connectivity index (χ1v) is 10.7. The Hall–Kier alpha value is -3.14. The Kier molecular flexibility index (Phi) is 7.61. The van der Waals surface area contributed by atoms with Crippen molar-refractivity contribution in [3.63, 3.8) is 0 Å². The molecule has 1 N–H and O–H groups in total. The fourth-order valence-corrected chi connectivity index (χ4v) is 3.30. The third-order valence-corrected chi connectivity index (χ3v) is 4.98. The molecule has 1 atom stereocenters. The molecular formula is C20H23N5O4S. The van der Waals surface area contributed by atoms with Crippen LogP contribution < -0.4 is 10.1 Å². The zero-order valence-electron chi connectivity index (χ0n) is 16.8. The van der Waals surface area contributed by atoms with Crippen LogP contribution >= 0.6 is 11.8 Å². The van der Waals surface area contributed by atoms with E-state index in [9.17, 15) is 9.59 Å². The van der Waals surface area contributed by atoms with Crippen molar-refractivity contribution in [2.45, 2.75) is 25.6 Å². The minimum atomic E-state index is -0.691. The van der Waals surface area contributed by atoms with Gasteiger partial charge in [0.1, 0.15) is 25.5 Å². The maximum Gasteiger partial charge on any atom is 0.328 e. The smallest absolute Gasteiger partial charge is 0.328 e. The number of carbonyl (C=O) groups is 2. The van der Waals surface area contributed by atoms with E-state index >= 15 is 0 Å². The van der Waals surface area contributed by atoms with Crippen LogP contribution in [-0.2, 0) is 27.5 Å². The van der Waals surface area contributed by atoms with Crippen LogP contribution in [0.5, 0.6) is 5.88 Å². The van der Waals surface area contributed by atoms with Gasteiger partial charge in [-0.15, -0.1) is 0 Å². The number of esters is 1. The largest absolute Gasteiger partial charge is 0.471 e. The van der Waals surface area contributed by atoms with Crippen molar-refractivity contribution in [2.24, 2.45) is 0 Å². The molecule has 0 saturated carbocycles. The maximum atomic E-state index is 12.5. The molecule has 0 fully saturated rings. The van der Waals surface area contributed by atoms with E-state index < -0.39 is 12.0 Å². The fourth-order valence-electron chi connectivity index (χ4n) is 2.83. The summed E-state index contributed by atoms with van der Waals surface area (Å²) >= 11 is 1.59. The standard InChI is InChI=1S/C20H23N5O4S/c1-28-20(27)15(8-9-30-2)24-16(26)10-25-13-23-17-18(25)21-12-22-19(17)29-11-14-6-4-3-5-7-14/h3-7,12-13,15H,8-11H2,1-2H3,(H,24,26)/t15-/m0/s1. The molecule has 1 aromatic carbocycles. The monoisotopic (exact) mass is 429 g/mol. The summed E-state index contributed by atoms with van der Waals surface area (Å²) < 4.78 is 12.2. The summed E-state index contributed by atoms with van der Waals surface area (Å²) in [4.78, 5) is 37.1. The number of nitrogens with zero attached hydrogens (tertiary/aromatic N) is 4. The molecule has 0 aliphatic carbocycles. The van der Waals surface area contributed by atoms with Crippen LogP contribution in [-0.4, -0.2) is 56.6 Å². The number of hydrogen-bond acceptors (Lipinski definition) is 8. The van der Waals surface area contributed by atoms with Gasteiger partial charge in [-0.1, -0.05) is 30.3 Å². The van der Waals surface area contributed by atoms with Gasteiger partial charge < -0.3 is 19.4 Å². The topological polar surface area (TPSA) is 108 Å². The molecule has 1 amide bonds. The number of aromatic nitrogens is 4. The van der Waals surface area contributed by atoms with Gasteiger partial charge in [-0.25, -0.2) is 14.8 Å². The van der Waals surface area contributed by atoms with E-state index in [4.69, 9.17) is 9.47 Å². The summed E-state index contributed by atoms with van der Waals surface area (Å²) in [5.41, 5.74) is 1.94. The highest BCUT2D eigenvalue weighted by Crippen LogP contribution is 2.20. The fraction of sp³-hybridized carbons (Fsp3) is 0.350. The number of benzene rings is 1. The Balaban J connectivity index is 1.69. The van der Waals surface area contributed by atoms with Crippen molar-refractivity contribution in [1.29, 1.82) is 0 Å². The van der Waals surface area contributed by atoms with E-state index in [0.29, 0.717) is 30.1 Å². The predicted molar refractivity (Wildman–Crippen MR) is 113 cm³/mol. The summed E-state index contributed by atoms with van der Waals surface area (Å²) in [6.07, 6.45) is 5.30. The molecular weight excluding hydrogens is 406 g/mol. The number of hydrogen-bond donors (Lipinski definition) is 1. The molecule has 0 bridgehead atoms. The van der Waals surface area contributed by atoms with Crippen LogP contribution in [0, 0.1) is 0 Å². The normalized spacial score (nSPS) is 11.8. The molecule has 9 nitrogen and oxygen atoms in total. The summed E-state index contributed by atoms with van der Waals surface area (Å²) in [5, 5.41) is 2.72.